The van der Waals surface area contributed by atoms with Gasteiger partial charge < -0.3 is 5.32 Å². The molecule has 5 heteroatoms. The Morgan fingerprint density at radius 2 is 1.58 bits per heavy atom. The Bertz CT molecular complexity index is 278. The van der Waals surface area contributed by atoms with Crippen molar-refractivity contribution < 1.29 is 9.59 Å². The van der Waals surface area contributed by atoms with E-state index >= 15 is 0 Å². The molecular formula is C14H27N3O2. The predicted molar refractivity (Wildman–Crippen MR) is 76.3 cm³/mol. The van der Waals surface area contributed by atoms with Crippen molar-refractivity contribution >= 4 is 11.7 Å². The highest BCUT2D eigenvalue weighted by Gasteiger charge is 2.02. The molecule has 110 valence electrons. The number of ketones is 1. The topological polar surface area (TPSA) is 70.9 Å². The summed E-state index contributed by atoms with van der Waals surface area (Å²) < 4.78 is 0. The van der Waals surface area contributed by atoms with Crippen LogP contribution in [-0.2, 0) is 9.59 Å². The lowest BCUT2D eigenvalue weighted by Crippen LogP contribution is -2.25. The largest absolute Gasteiger partial charge is 0.356 e. The van der Waals surface area contributed by atoms with Gasteiger partial charge >= 0.3 is 0 Å². The van der Waals surface area contributed by atoms with Gasteiger partial charge in [-0.05, 0) is 32.6 Å². The minimum atomic E-state index is -0.178. The van der Waals surface area contributed by atoms with Gasteiger partial charge in [0, 0.05) is 6.54 Å². The number of carbonyl (C=O) groups excluding carboxylic acids is 2. The van der Waals surface area contributed by atoms with Crippen molar-refractivity contribution in [3.63, 3.8) is 0 Å². The highest BCUT2D eigenvalue weighted by atomic mass is 16.2. The fraction of sp³-hybridized carbons (Fsp3) is 0.857. The van der Waals surface area contributed by atoms with Gasteiger partial charge in [0.05, 0.1) is 19.5 Å². The third kappa shape index (κ3) is 14.7. The number of Topliss-reactive ketones (excluding diaryl/α,β-unsaturated/α-hetero) is 1. The molecule has 0 radical (unpaired) electrons. The quantitative estimate of drug-likeness (QED) is 0.336. The smallest absolute Gasteiger partial charge is 0.227 e. The molecule has 0 aromatic rings. The number of carbonyl (C=O) groups is 2. The molecule has 0 aliphatic rings. The second-order valence-electron chi connectivity index (χ2n) is 4.73. The third-order valence-corrected chi connectivity index (χ3v) is 2.63. The van der Waals surface area contributed by atoms with Gasteiger partial charge in [-0.25, -0.2) is 0 Å². The molecule has 0 bridgehead atoms. The molecule has 5 nitrogen and oxygen atoms in total. The lowest BCUT2D eigenvalue weighted by atomic mass is 10.2. The molecule has 1 amide bonds. The minimum absolute atomic E-state index is 0.00796. The van der Waals surface area contributed by atoms with Crippen LogP contribution in [0.2, 0.25) is 0 Å². The van der Waals surface area contributed by atoms with E-state index in [4.69, 9.17) is 0 Å². The van der Waals surface area contributed by atoms with Crippen molar-refractivity contribution in [2.24, 2.45) is 10.2 Å². The summed E-state index contributed by atoms with van der Waals surface area (Å²) in [6.45, 7) is 5.85. The van der Waals surface area contributed by atoms with E-state index in [1.807, 2.05) is 0 Å². The Kier molecular flexibility index (Phi) is 12.3. The zero-order chi connectivity index (χ0) is 14.3. The van der Waals surface area contributed by atoms with Crippen LogP contribution in [0.5, 0.6) is 0 Å². The third-order valence-electron chi connectivity index (χ3n) is 2.63. The average molecular weight is 269 g/mol. The lowest BCUT2D eigenvalue weighted by molar-refractivity contribution is -0.127. The first-order valence-corrected chi connectivity index (χ1v) is 7.26. The number of rotatable bonds is 12. The number of hydrogen-bond donors (Lipinski definition) is 1. The van der Waals surface area contributed by atoms with Crippen molar-refractivity contribution in [1.82, 2.24) is 5.32 Å². The standard InChI is InChI=1S/C14H27N3O2/c1-3-4-6-10-16-17-11-8-5-7-9-15-14(19)12-13(2)18/h3-12H2,1-2H3,(H,15,19). The van der Waals surface area contributed by atoms with E-state index in [2.05, 4.69) is 22.5 Å². The Morgan fingerprint density at radius 3 is 2.16 bits per heavy atom. The molecule has 0 aliphatic heterocycles. The van der Waals surface area contributed by atoms with Crippen LogP contribution in [0.3, 0.4) is 0 Å². The minimum Gasteiger partial charge on any atom is -0.356 e. The summed E-state index contributed by atoms with van der Waals surface area (Å²) in [5.41, 5.74) is 0. The molecule has 0 spiro atoms. The molecule has 0 saturated carbocycles. The van der Waals surface area contributed by atoms with Crippen LogP contribution < -0.4 is 5.32 Å². The number of nitrogens with one attached hydrogen (secondary N) is 1. The van der Waals surface area contributed by atoms with Crippen LogP contribution in [0.4, 0.5) is 0 Å². The molecular weight excluding hydrogens is 242 g/mol. The van der Waals surface area contributed by atoms with Gasteiger partial charge in [0.25, 0.3) is 0 Å². The molecule has 0 unspecified atom stereocenters. The summed E-state index contributed by atoms with van der Waals surface area (Å²) in [7, 11) is 0. The molecule has 0 saturated heterocycles. The van der Waals surface area contributed by atoms with Crippen molar-refractivity contribution in [3.8, 4) is 0 Å². The number of azo groups is 1. The van der Waals surface area contributed by atoms with Crippen LogP contribution in [-0.4, -0.2) is 31.3 Å². The van der Waals surface area contributed by atoms with Gasteiger partial charge in [0.15, 0.2) is 0 Å². The Hall–Kier alpha value is -1.26. The van der Waals surface area contributed by atoms with E-state index in [9.17, 15) is 9.59 Å². The summed E-state index contributed by atoms with van der Waals surface area (Å²) >= 11 is 0. The Morgan fingerprint density at radius 1 is 0.947 bits per heavy atom. The van der Waals surface area contributed by atoms with E-state index in [0.717, 1.165) is 38.8 Å². The zero-order valence-electron chi connectivity index (χ0n) is 12.3. The second kappa shape index (κ2) is 13.2. The van der Waals surface area contributed by atoms with Gasteiger partial charge in [-0.15, -0.1) is 0 Å². The molecule has 19 heavy (non-hydrogen) atoms. The molecule has 0 atom stereocenters. The van der Waals surface area contributed by atoms with Gasteiger partial charge in [0.1, 0.15) is 5.78 Å². The molecule has 1 N–H and O–H groups in total. The summed E-state index contributed by atoms with van der Waals surface area (Å²) in [5, 5.41) is 10.9. The van der Waals surface area contributed by atoms with Crippen LogP contribution in [0.15, 0.2) is 10.2 Å². The predicted octanol–water partition coefficient (Wildman–Crippen LogP) is 2.89. The first kappa shape index (κ1) is 17.7. The van der Waals surface area contributed by atoms with E-state index in [1.54, 1.807) is 0 Å². The van der Waals surface area contributed by atoms with Crippen LogP contribution in [0, 0.1) is 0 Å². The number of unbranched alkanes of at least 4 members (excludes halogenated alkanes) is 4. The van der Waals surface area contributed by atoms with E-state index in [1.165, 1.54) is 19.8 Å². The van der Waals surface area contributed by atoms with Crippen molar-refractivity contribution in [2.75, 3.05) is 19.6 Å². The number of amides is 1. The van der Waals surface area contributed by atoms with E-state index in [0.29, 0.717) is 6.54 Å². The lowest BCUT2D eigenvalue weighted by Gasteiger charge is -2.02. The number of hydrogen-bond acceptors (Lipinski definition) is 4. The second-order valence-corrected chi connectivity index (χ2v) is 4.73. The summed E-state index contributed by atoms with van der Waals surface area (Å²) in [4.78, 5) is 21.8. The summed E-state index contributed by atoms with van der Waals surface area (Å²) in [6.07, 6.45) is 6.50. The van der Waals surface area contributed by atoms with Gasteiger partial charge in [-0.1, -0.05) is 19.8 Å². The van der Waals surface area contributed by atoms with Gasteiger partial charge in [-0.2, -0.15) is 10.2 Å². The van der Waals surface area contributed by atoms with Crippen LogP contribution >= 0.6 is 0 Å². The molecule has 0 aliphatic carbocycles. The monoisotopic (exact) mass is 269 g/mol. The summed E-state index contributed by atoms with van der Waals surface area (Å²) in [5.74, 6) is -0.274. The first-order valence-electron chi connectivity index (χ1n) is 7.26. The molecule has 0 aromatic heterocycles. The van der Waals surface area contributed by atoms with Crippen LogP contribution in [0.25, 0.3) is 0 Å². The van der Waals surface area contributed by atoms with Crippen molar-refractivity contribution in [2.45, 2.75) is 58.8 Å². The maximum Gasteiger partial charge on any atom is 0.227 e. The van der Waals surface area contributed by atoms with E-state index in [-0.39, 0.29) is 18.1 Å². The normalized spacial score (nSPS) is 10.8. The van der Waals surface area contributed by atoms with Gasteiger partial charge in [0.2, 0.25) is 5.91 Å². The highest BCUT2D eigenvalue weighted by Crippen LogP contribution is 1.97. The van der Waals surface area contributed by atoms with Crippen LogP contribution in [0.1, 0.15) is 58.8 Å². The fourth-order valence-corrected chi connectivity index (χ4v) is 1.57. The molecule has 0 rings (SSSR count). The maximum atomic E-state index is 11.1. The zero-order valence-corrected chi connectivity index (χ0v) is 12.3. The van der Waals surface area contributed by atoms with Crippen molar-refractivity contribution in [3.05, 3.63) is 0 Å². The SMILES string of the molecule is CCCCCN=NCCCCCNC(=O)CC(C)=O. The highest BCUT2D eigenvalue weighted by molar-refractivity contribution is 5.96. The first-order chi connectivity index (χ1) is 9.16. The summed E-state index contributed by atoms with van der Waals surface area (Å²) in [6, 6.07) is 0. The molecule has 0 fully saturated rings. The Labute approximate surface area is 116 Å². The van der Waals surface area contributed by atoms with Gasteiger partial charge in [-0.3, -0.25) is 9.59 Å². The van der Waals surface area contributed by atoms with E-state index < -0.39 is 0 Å². The van der Waals surface area contributed by atoms with Crippen molar-refractivity contribution in [1.29, 1.82) is 0 Å². The average Bonchev–Trinajstić information content (AvgIpc) is 2.35. The number of nitrogens with zero attached hydrogens (tertiary/aromatic N) is 2. The maximum absolute atomic E-state index is 11.1. The Balaban J connectivity index is 3.22. The molecule has 0 heterocycles. The molecule has 0 aromatic carbocycles. The fourth-order valence-electron chi connectivity index (χ4n) is 1.57.